The maximum Gasteiger partial charge on any atom is 0.167 e. The van der Waals surface area contributed by atoms with E-state index in [0.29, 0.717) is 12.3 Å². The van der Waals surface area contributed by atoms with Gasteiger partial charge in [-0.2, -0.15) is 0 Å². The first kappa shape index (κ1) is 16.8. The van der Waals surface area contributed by atoms with Crippen molar-refractivity contribution in [1.82, 2.24) is 14.5 Å². The third-order valence-electron chi connectivity index (χ3n) is 3.81. The summed E-state index contributed by atoms with van der Waals surface area (Å²) < 4.78 is 7.76. The van der Waals surface area contributed by atoms with Crippen LogP contribution in [-0.2, 0) is 11.5 Å². The Balaban J connectivity index is 2.33. The summed E-state index contributed by atoms with van der Waals surface area (Å²) in [6.45, 7) is 10.2. The monoisotopic (exact) mass is 316 g/mol. The lowest BCUT2D eigenvalue weighted by molar-refractivity contribution is -0.000332. The van der Waals surface area contributed by atoms with Crippen molar-refractivity contribution in [3.8, 4) is 0 Å². The van der Waals surface area contributed by atoms with Gasteiger partial charge in [-0.15, -0.1) is 0 Å². The van der Waals surface area contributed by atoms with E-state index in [0.717, 1.165) is 11.0 Å². The number of carbonyl (C=O) groups is 1. The number of ketones is 1. The Kier molecular flexibility index (Phi) is 4.82. The van der Waals surface area contributed by atoms with E-state index in [-0.39, 0.29) is 22.8 Å². The van der Waals surface area contributed by atoms with E-state index in [2.05, 4.69) is 34.1 Å². The summed E-state index contributed by atoms with van der Waals surface area (Å²) in [7, 11) is 3.65. The molecule has 1 unspecified atom stereocenters. The van der Waals surface area contributed by atoms with Crippen molar-refractivity contribution in [1.29, 1.82) is 0 Å². The molecule has 0 fully saturated rings. The highest BCUT2D eigenvalue weighted by Crippen LogP contribution is 2.27. The van der Waals surface area contributed by atoms with Gasteiger partial charge in [0.2, 0.25) is 0 Å². The summed E-state index contributed by atoms with van der Waals surface area (Å²) in [4.78, 5) is 20.7. The second-order valence-corrected chi connectivity index (χ2v) is 7.74. The second-order valence-electron chi connectivity index (χ2n) is 6.45. The van der Waals surface area contributed by atoms with Gasteiger partial charge in [-0.05, 0) is 12.0 Å². The van der Waals surface area contributed by atoms with Crippen LogP contribution < -0.4 is 0 Å². The Morgan fingerprint density at radius 1 is 1.41 bits per heavy atom. The van der Waals surface area contributed by atoms with Gasteiger partial charge >= 0.3 is 0 Å². The summed E-state index contributed by atoms with van der Waals surface area (Å²) in [6, 6.07) is 0. The largest absolute Gasteiger partial charge is 0.358 e. The molecule has 6 heteroatoms. The number of hydrogen-bond acceptors (Lipinski definition) is 4. The zero-order valence-corrected chi connectivity index (χ0v) is 14.8. The van der Waals surface area contributed by atoms with E-state index >= 15 is 0 Å². The fourth-order valence-electron chi connectivity index (χ4n) is 2.03. The van der Waals surface area contributed by atoms with Crippen molar-refractivity contribution in [2.24, 2.45) is 5.92 Å². The van der Waals surface area contributed by atoms with Gasteiger partial charge in [0, 0.05) is 39.5 Å². The minimum atomic E-state index is -0.130. The fourth-order valence-corrected chi connectivity index (χ4v) is 2.12. The van der Waals surface area contributed by atoms with Gasteiger partial charge in [0.1, 0.15) is 18.7 Å². The van der Waals surface area contributed by atoms with Gasteiger partial charge < -0.3 is 9.30 Å². The van der Waals surface area contributed by atoms with Crippen LogP contribution in [0.15, 0.2) is 18.7 Å². The number of fused-ring (bicyclic) bond motifs is 1. The van der Waals surface area contributed by atoms with Crippen molar-refractivity contribution in [3.05, 3.63) is 24.3 Å². The molecule has 2 heterocycles. The van der Waals surface area contributed by atoms with Crippen LogP contribution in [0.25, 0.3) is 11.0 Å². The number of aromatic nitrogens is 3. The fraction of sp³-hybridized carbons (Fsp3) is 0.562. The molecule has 5 nitrogen and oxygen atoms in total. The molecule has 0 N–H and O–H groups in total. The Morgan fingerprint density at radius 2 is 2.09 bits per heavy atom. The smallest absolute Gasteiger partial charge is 0.167 e. The van der Waals surface area contributed by atoms with Crippen LogP contribution in [0.2, 0.25) is 5.04 Å². The van der Waals surface area contributed by atoms with E-state index in [4.69, 9.17) is 4.74 Å². The molecule has 0 aromatic carbocycles. The van der Waals surface area contributed by atoms with Gasteiger partial charge in [0.15, 0.2) is 5.78 Å². The highest BCUT2D eigenvalue weighted by atomic mass is 28.1. The Hall–Kier alpha value is -1.53. The van der Waals surface area contributed by atoms with E-state index < -0.39 is 0 Å². The van der Waals surface area contributed by atoms with Crippen LogP contribution in [0, 0.1) is 5.92 Å². The first-order chi connectivity index (χ1) is 10.2. The Labute approximate surface area is 134 Å². The molecular formula is C16H22N3O2Si. The molecule has 0 saturated carbocycles. The summed E-state index contributed by atoms with van der Waals surface area (Å²) in [6.07, 6.45) is 4.99. The summed E-state index contributed by atoms with van der Waals surface area (Å²) in [5.41, 5.74) is 1.37. The molecule has 0 spiro atoms. The van der Waals surface area contributed by atoms with E-state index in [1.165, 1.54) is 6.33 Å². The number of carbonyl (C=O) groups excluding carboxylic acids is 1. The van der Waals surface area contributed by atoms with Crippen LogP contribution in [-0.4, -0.2) is 36.7 Å². The molecule has 3 radical (unpaired) electrons. The zero-order valence-electron chi connectivity index (χ0n) is 13.8. The highest BCUT2D eigenvalue weighted by Gasteiger charge is 2.22. The van der Waals surface area contributed by atoms with Gasteiger partial charge in [0.25, 0.3) is 0 Å². The Bertz CT molecular complexity index is 674. The average Bonchev–Trinajstić information content (AvgIpc) is 2.81. The molecule has 2 aromatic rings. The maximum atomic E-state index is 12.4. The quantitative estimate of drug-likeness (QED) is 0.607. The van der Waals surface area contributed by atoms with Crippen LogP contribution >= 0.6 is 0 Å². The lowest BCUT2D eigenvalue weighted by Crippen LogP contribution is -2.24. The topological polar surface area (TPSA) is 57.0 Å². The lowest BCUT2D eigenvalue weighted by atomic mass is 10.0. The molecule has 0 aliphatic carbocycles. The summed E-state index contributed by atoms with van der Waals surface area (Å²) >= 11 is 0. The van der Waals surface area contributed by atoms with Crippen LogP contribution in [0.4, 0.5) is 0 Å². The molecular weight excluding hydrogens is 294 g/mol. The van der Waals surface area contributed by atoms with E-state index in [9.17, 15) is 4.79 Å². The molecule has 0 saturated heterocycles. The molecule has 2 rings (SSSR count). The van der Waals surface area contributed by atoms with Gasteiger partial charge in [-0.1, -0.05) is 27.7 Å². The predicted octanol–water partition coefficient (Wildman–Crippen LogP) is 3.00. The van der Waals surface area contributed by atoms with Crippen molar-refractivity contribution in [2.75, 3.05) is 0 Å². The highest BCUT2D eigenvalue weighted by molar-refractivity contribution is 6.15. The van der Waals surface area contributed by atoms with E-state index in [1.54, 1.807) is 6.20 Å². The van der Waals surface area contributed by atoms with Crippen LogP contribution in [0.3, 0.4) is 0 Å². The SMILES string of the molecule is CC(C)C(=O)c1cn(COC(C)C(C)(C)[Si])c2ncncc12. The molecule has 0 aliphatic heterocycles. The van der Waals surface area contributed by atoms with Gasteiger partial charge in [-0.3, -0.25) is 4.79 Å². The van der Waals surface area contributed by atoms with Gasteiger partial charge in [0.05, 0.1) is 6.10 Å². The minimum absolute atomic E-state index is 0.00713. The number of Topliss-reactive ketones (excluding diaryl/α,β-unsaturated/α-hetero) is 1. The molecule has 22 heavy (non-hydrogen) atoms. The second kappa shape index (κ2) is 6.30. The third-order valence-corrected chi connectivity index (χ3v) is 4.21. The predicted molar refractivity (Wildman–Crippen MR) is 87.0 cm³/mol. The number of nitrogens with zero attached hydrogens (tertiary/aromatic N) is 3. The molecule has 0 bridgehead atoms. The first-order valence-electron chi connectivity index (χ1n) is 7.41. The minimum Gasteiger partial charge on any atom is -0.358 e. The maximum absolute atomic E-state index is 12.4. The van der Waals surface area contributed by atoms with Gasteiger partial charge in [-0.25, -0.2) is 9.97 Å². The molecule has 2 aromatic heterocycles. The summed E-state index contributed by atoms with van der Waals surface area (Å²) in [5.74, 6) is 0.0207. The van der Waals surface area contributed by atoms with Crippen molar-refractivity contribution in [2.45, 2.75) is 52.5 Å². The zero-order chi connectivity index (χ0) is 16.5. The number of rotatable bonds is 6. The van der Waals surface area contributed by atoms with Crippen LogP contribution in [0.1, 0.15) is 45.0 Å². The number of hydrogen-bond donors (Lipinski definition) is 0. The average molecular weight is 316 g/mol. The molecule has 1 atom stereocenters. The first-order valence-corrected chi connectivity index (χ1v) is 7.91. The van der Waals surface area contributed by atoms with Crippen molar-refractivity contribution >= 4 is 27.1 Å². The van der Waals surface area contributed by atoms with E-state index in [1.807, 2.05) is 31.5 Å². The Morgan fingerprint density at radius 3 is 2.68 bits per heavy atom. The normalized spacial score (nSPS) is 13.8. The molecule has 0 aliphatic rings. The third kappa shape index (κ3) is 3.44. The van der Waals surface area contributed by atoms with Crippen LogP contribution in [0.5, 0.6) is 0 Å². The van der Waals surface area contributed by atoms with Crippen molar-refractivity contribution in [3.63, 3.8) is 0 Å². The standard InChI is InChI=1S/C16H22N3O2Si/c1-10(2)14(20)13-7-19(9-21-11(3)16(4,5)22)15-12(13)6-17-8-18-15/h6-8,10-11H,9H2,1-5H3. The van der Waals surface area contributed by atoms with Crippen molar-refractivity contribution < 1.29 is 9.53 Å². The summed E-state index contributed by atoms with van der Waals surface area (Å²) in [5, 5.41) is 0.643. The molecule has 117 valence electrons. The molecule has 0 amide bonds. The lowest BCUT2D eigenvalue weighted by Gasteiger charge is -2.27. The number of ether oxygens (including phenoxy) is 1.